The van der Waals surface area contributed by atoms with Gasteiger partial charge in [0.2, 0.25) is 0 Å². The number of nitrogens with zero attached hydrogens (tertiary/aromatic N) is 1. The molecule has 4 nitrogen and oxygen atoms in total. The van der Waals surface area contributed by atoms with E-state index in [4.69, 9.17) is 9.47 Å². The van der Waals surface area contributed by atoms with Crippen molar-refractivity contribution in [3.05, 3.63) is 112 Å². The Morgan fingerprint density at radius 1 is 0.914 bits per heavy atom. The zero-order chi connectivity index (χ0) is 24.1. The van der Waals surface area contributed by atoms with Crippen molar-refractivity contribution in [2.45, 2.75) is 13.5 Å². The van der Waals surface area contributed by atoms with Crippen LogP contribution < -0.4 is 72.6 Å². The third-order valence-electron chi connectivity index (χ3n) is 5.64. The maximum Gasteiger partial charge on any atom is 1.00 e. The largest absolute Gasteiger partial charge is 1.00 e. The number of ether oxygens (including phenoxy) is 2. The van der Waals surface area contributed by atoms with Gasteiger partial charge in [-0.2, -0.15) is 30.3 Å². The summed E-state index contributed by atoms with van der Waals surface area (Å²) < 4.78 is 12.3. The molecule has 4 rings (SSSR count). The number of methoxy groups -OCH3 is 2. The van der Waals surface area contributed by atoms with Gasteiger partial charge in [-0.15, -0.1) is 5.56 Å². The van der Waals surface area contributed by atoms with Gasteiger partial charge in [-0.3, -0.25) is 4.79 Å². The second kappa shape index (κ2) is 13.0. The molecule has 0 aliphatic rings. The molecule has 0 saturated heterocycles. The van der Waals surface area contributed by atoms with Crippen LogP contribution in [0, 0.1) is 13.0 Å². The van der Waals surface area contributed by atoms with Crippen molar-refractivity contribution < 1.29 is 72.5 Å². The van der Waals surface area contributed by atoms with E-state index in [2.05, 4.69) is 22.0 Å². The van der Waals surface area contributed by atoms with Crippen molar-refractivity contribution in [3.8, 4) is 22.6 Å². The predicted octanol–water partition coefficient (Wildman–Crippen LogP) is 4.09. The molecule has 0 aliphatic heterocycles. The summed E-state index contributed by atoms with van der Waals surface area (Å²) in [5, 5.41) is 0. The Morgan fingerprint density at radius 3 is 2.11 bits per heavy atom. The van der Waals surface area contributed by atoms with Gasteiger partial charge in [-0.25, -0.2) is 0 Å². The molecule has 35 heavy (non-hydrogen) atoms. The maximum absolute atomic E-state index is 14.1. The third kappa shape index (κ3) is 6.52. The number of carbonyl (C=O) groups excluding carboxylic acids is 1. The van der Waals surface area contributed by atoms with E-state index in [1.165, 1.54) is 0 Å². The molecule has 0 spiro atoms. The molecule has 0 N–H and O–H groups in total. The van der Waals surface area contributed by atoms with Gasteiger partial charge in [0.05, 0.1) is 26.3 Å². The Labute approximate surface area is 264 Å². The van der Waals surface area contributed by atoms with E-state index >= 15 is 0 Å². The Bertz CT molecular complexity index is 1270. The summed E-state index contributed by atoms with van der Waals surface area (Å²) in [5.41, 5.74) is 5.04. The Kier molecular flexibility index (Phi) is 10.3. The molecule has 4 aromatic carbocycles. The van der Waals surface area contributed by atoms with Gasteiger partial charge in [0.15, 0.2) is 0 Å². The van der Waals surface area contributed by atoms with E-state index in [-0.39, 0.29) is 70.6 Å². The quantitative estimate of drug-likeness (QED) is 0.300. The van der Waals surface area contributed by atoms with E-state index in [0.29, 0.717) is 17.1 Å². The van der Waals surface area contributed by atoms with Gasteiger partial charge in [-0.1, -0.05) is 34.1 Å². The number of aryl methyl sites for hydroxylation is 1. The van der Waals surface area contributed by atoms with Crippen LogP contribution in [0.3, 0.4) is 0 Å². The molecule has 4 aromatic rings. The molecule has 0 heterocycles. The van der Waals surface area contributed by atoms with Gasteiger partial charge < -0.3 is 14.4 Å². The molecule has 0 unspecified atom stereocenters. The van der Waals surface area contributed by atoms with Gasteiger partial charge >= 0.3 is 58.2 Å². The zero-order valence-corrected chi connectivity index (χ0v) is 26.8. The van der Waals surface area contributed by atoms with Crippen molar-refractivity contribution in [2.75, 3.05) is 19.1 Å². The number of amides is 1. The van der Waals surface area contributed by atoms with E-state index in [1.807, 2.05) is 91.9 Å². The van der Waals surface area contributed by atoms with Crippen molar-refractivity contribution in [1.82, 2.24) is 0 Å². The summed E-state index contributed by atoms with van der Waals surface area (Å²) in [6.45, 7) is 2.27. The van der Waals surface area contributed by atoms with Crippen LogP contribution in [-0.2, 0) is 6.54 Å². The first kappa shape index (κ1) is 27.8. The molecule has 0 aliphatic carbocycles. The first-order chi connectivity index (χ1) is 16.5. The van der Waals surface area contributed by atoms with Gasteiger partial charge in [0, 0.05) is 15.7 Å². The number of rotatable bonds is 7. The second-order valence-electron chi connectivity index (χ2n) is 7.85. The van der Waals surface area contributed by atoms with Crippen molar-refractivity contribution >= 4 is 27.5 Å². The number of halogens is 1. The number of carbonyl (C=O) groups is 1. The molecule has 172 valence electrons. The summed E-state index contributed by atoms with van der Waals surface area (Å²) in [6, 6.07) is 29.9. The van der Waals surface area contributed by atoms with Crippen LogP contribution in [0.5, 0.6) is 11.5 Å². The van der Waals surface area contributed by atoms with Crippen LogP contribution >= 0.6 is 15.9 Å². The monoisotopic (exact) mass is 599 g/mol. The van der Waals surface area contributed by atoms with Crippen LogP contribution in [0.25, 0.3) is 11.1 Å². The first-order valence-corrected chi connectivity index (χ1v) is 11.7. The fourth-order valence-corrected chi connectivity index (χ4v) is 4.23. The maximum atomic E-state index is 14.1. The molecule has 0 atom stereocenters. The zero-order valence-electron chi connectivity index (χ0n) is 20.3. The standard InChI is InChI=1S/C29H25BrNO3.Rb/c1-20-17-27(33-2)26(28(18-20)34-3)19-31(23-15-13-22(30)14-16-23)29(32)25-12-8-7-11-24(25)21-9-5-4-6-10-21;/h5-18H,19H2,1-3H3;/q-1;+1. The summed E-state index contributed by atoms with van der Waals surface area (Å²) in [4.78, 5) is 15.9. The first-order valence-electron chi connectivity index (χ1n) is 10.9. The Morgan fingerprint density at radius 2 is 1.51 bits per heavy atom. The average Bonchev–Trinajstić information content (AvgIpc) is 2.88. The van der Waals surface area contributed by atoms with Crippen LogP contribution in [0.15, 0.2) is 89.4 Å². The van der Waals surface area contributed by atoms with E-state index in [1.54, 1.807) is 19.1 Å². The molecule has 1 amide bonds. The molecular formula is C29H25BrNO3Rb. The smallest absolute Gasteiger partial charge is 0.496 e. The average molecular weight is 601 g/mol. The minimum Gasteiger partial charge on any atom is -0.496 e. The fourth-order valence-electron chi connectivity index (χ4n) is 3.96. The number of hydrogen-bond acceptors (Lipinski definition) is 3. The van der Waals surface area contributed by atoms with Crippen LogP contribution in [0.1, 0.15) is 21.5 Å². The Hall–Kier alpha value is -1.76. The van der Waals surface area contributed by atoms with Gasteiger partial charge in [0.25, 0.3) is 5.91 Å². The van der Waals surface area contributed by atoms with Gasteiger partial charge in [0.1, 0.15) is 11.5 Å². The molecule has 0 saturated carbocycles. The Balaban J connectivity index is 0.00000342. The molecule has 0 fully saturated rings. The van der Waals surface area contributed by atoms with E-state index < -0.39 is 0 Å². The topological polar surface area (TPSA) is 38.8 Å². The van der Waals surface area contributed by atoms with Crippen molar-refractivity contribution in [2.24, 2.45) is 0 Å². The van der Waals surface area contributed by atoms with E-state index in [0.717, 1.165) is 32.4 Å². The third-order valence-corrected chi connectivity index (χ3v) is 6.17. The van der Waals surface area contributed by atoms with Crippen molar-refractivity contribution in [3.63, 3.8) is 0 Å². The van der Waals surface area contributed by atoms with Crippen LogP contribution in [0.4, 0.5) is 5.69 Å². The molecule has 0 aromatic heterocycles. The molecular weight excluding hydrogens is 576 g/mol. The predicted molar refractivity (Wildman–Crippen MR) is 140 cm³/mol. The number of benzene rings is 4. The minimum absolute atomic E-state index is 0. The SMILES string of the molecule is COc1cc(C)cc(OC)c1CN(C(=O)c1ccccc1-c1cc[c-]cc1)c1ccc(Br)cc1.[Rb+]. The fraction of sp³-hybridized carbons (Fsp3) is 0.138. The number of anilines is 1. The van der Waals surface area contributed by atoms with E-state index in [9.17, 15) is 4.79 Å². The molecule has 0 radical (unpaired) electrons. The summed E-state index contributed by atoms with van der Waals surface area (Å²) in [6.07, 6.45) is 0. The summed E-state index contributed by atoms with van der Waals surface area (Å²) >= 11 is 3.49. The molecule has 0 bridgehead atoms. The number of hydrogen-bond donors (Lipinski definition) is 0. The minimum atomic E-state index is -0.115. The molecule has 6 heteroatoms. The van der Waals surface area contributed by atoms with Crippen LogP contribution in [-0.4, -0.2) is 20.1 Å². The van der Waals surface area contributed by atoms with Crippen LogP contribution in [0.2, 0.25) is 0 Å². The normalized spacial score (nSPS) is 10.3. The second-order valence-corrected chi connectivity index (χ2v) is 8.77. The van der Waals surface area contributed by atoms with Gasteiger partial charge in [-0.05, 0) is 60.5 Å². The van der Waals surface area contributed by atoms with Crippen molar-refractivity contribution in [1.29, 1.82) is 0 Å². The summed E-state index contributed by atoms with van der Waals surface area (Å²) in [5.74, 6) is 1.24. The summed E-state index contributed by atoms with van der Waals surface area (Å²) in [7, 11) is 3.26.